The van der Waals surface area contributed by atoms with E-state index in [1.165, 1.54) is 7.11 Å². The minimum Gasteiger partial charge on any atom is -0.476 e. The van der Waals surface area contributed by atoms with E-state index in [4.69, 9.17) is 9.84 Å². The molecule has 0 spiro atoms. The number of nitrogens with one attached hydrogen (secondary N) is 1. The Morgan fingerprint density at radius 2 is 2.05 bits per heavy atom. The molecule has 0 fully saturated rings. The van der Waals surface area contributed by atoms with E-state index in [2.05, 4.69) is 15.0 Å². The van der Waals surface area contributed by atoms with Crippen molar-refractivity contribution in [3.8, 4) is 0 Å². The van der Waals surface area contributed by atoms with Crippen molar-refractivity contribution in [2.24, 2.45) is 0 Å². The van der Waals surface area contributed by atoms with Gasteiger partial charge in [0, 0.05) is 7.11 Å². The van der Waals surface area contributed by atoms with Crippen molar-refractivity contribution in [2.75, 3.05) is 14.2 Å². The number of aromatic carboxylic acids is 1. The molecule has 19 heavy (non-hydrogen) atoms. The van der Waals surface area contributed by atoms with Gasteiger partial charge in [-0.3, -0.25) is 10.1 Å². The zero-order valence-electron chi connectivity index (χ0n) is 10.2. The van der Waals surface area contributed by atoms with E-state index >= 15 is 0 Å². The number of carbonyl (C=O) groups is 3. The minimum absolute atomic E-state index is 0.0832. The highest BCUT2D eigenvalue weighted by molar-refractivity contribution is 5.91. The average Bonchev–Trinajstić information content (AvgIpc) is 2.72. The van der Waals surface area contributed by atoms with Gasteiger partial charge >= 0.3 is 12.1 Å². The highest BCUT2D eigenvalue weighted by atomic mass is 16.5. The van der Waals surface area contributed by atoms with Crippen LogP contribution in [0.1, 0.15) is 16.2 Å². The Labute approximate surface area is 107 Å². The predicted octanol–water partition coefficient (Wildman–Crippen LogP) is -0.995. The van der Waals surface area contributed by atoms with Gasteiger partial charge in [-0.2, -0.15) is 0 Å². The number of rotatable bonds is 5. The van der Waals surface area contributed by atoms with Crippen LogP contribution in [0.15, 0.2) is 0 Å². The summed E-state index contributed by atoms with van der Waals surface area (Å²) in [5, 5.41) is 17.7. The first kappa shape index (κ1) is 14.6. The normalized spacial score (nSPS) is 10.0. The first-order valence-corrected chi connectivity index (χ1v) is 5.02. The summed E-state index contributed by atoms with van der Waals surface area (Å²) < 4.78 is 10.1. The van der Waals surface area contributed by atoms with Crippen LogP contribution in [0, 0.1) is 0 Å². The summed E-state index contributed by atoms with van der Waals surface area (Å²) in [6.45, 7) is -0.464. The van der Waals surface area contributed by atoms with Gasteiger partial charge in [-0.1, -0.05) is 5.21 Å². The monoisotopic (exact) mass is 272 g/mol. The number of methoxy groups -OCH3 is 2. The second kappa shape index (κ2) is 6.44. The molecule has 0 aliphatic heterocycles. The Bertz CT molecular complexity index is 497. The van der Waals surface area contributed by atoms with Gasteiger partial charge in [0.15, 0.2) is 5.69 Å². The maximum absolute atomic E-state index is 11.4. The molecule has 1 aromatic rings. The largest absolute Gasteiger partial charge is 0.476 e. The second-order valence-corrected chi connectivity index (χ2v) is 3.32. The van der Waals surface area contributed by atoms with Gasteiger partial charge in [0.2, 0.25) is 0 Å². The SMILES string of the molecule is COCc1c(C(=O)O)nnn1CC(=O)NC(=O)OC. The summed E-state index contributed by atoms with van der Waals surface area (Å²) in [6, 6.07) is 0. The Morgan fingerprint density at radius 3 is 2.58 bits per heavy atom. The van der Waals surface area contributed by atoms with Crippen LogP contribution in [0.5, 0.6) is 0 Å². The quantitative estimate of drug-likeness (QED) is 0.697. The Balaban J connectivity index is 2.86. The van der Waals surface area contributed by atoms with E-state index in [0.717, 1.165) is 11.8 Å². The number of amides is 2. The minimum atomic E-state index is -1.29. The lowest BCUT2D eigenvalue weighted by Crippen LogP contribution is -2.33. The van der Waals surface area contributed by atoms with Crippen molar-refractivity contribution < 1.29 is 29.0 Å². The van der Waals surface area contributed by atoms with E-state index in [1.807, 2.05) is 5.32 Å². The van der Waals surface area contributed by atoms with Crippen LogP contribution in [-0.4, -0.2) is 52.3 Å². The van der Waals surface area contributed by atoms with Crippen molar-refractivity contribution in [3.63, 3.8) is 0 Å². The van der Waals surface area contributed by atoms with Gasteiger partial charge in [-0.25, -0.2) is 14.3 Å². The summed E-state index contributed by atoms with van der Waals surface area (Å²) in [6.07, 6.45) is -0.920. The van der Waals surface area contributed by atoms with Crippen LogP contribution < -0.4 is 5.32 Å². The summed E-state index contributed by atoms with van der Waals surface area (Å²) in [7, 11) is 2.47. The summed E-state index contributed by atoms with van der Waals surface area (Å²) in [5.74, 6) is -2.00. The fraction of sp³-hybridized carbons (Fsp3) is 0.444. The van der Waals surface area contributed by atoms with Gasteiger partial charge in [0.1, 0.15) is 6.54 Å². The molecular weight excluding hydrogens is 260 g/mol. The van der Waals surface area contributed by atoms with Crippen molar-refractivity contribution >= 4 is 18.0 Å². The van der Waals surface area contributed by atoms with Crippen molar-refractivity contribution in [1.29, 1.82) is 0 Å². The molecule has 1 aromatic heterocycles. The molecular formula is C9H12N4O6. The van der Waals surface area contributed by atoms with E-state index in [9.17, 15) is 14.4 Å². The molecule has 10 nitrogen and oxygen atoms in total. The molecule has 104 valence electrons. The molecule has 0 saturated heterocycles. The highest BCUT2D eigenvalue weighted by Gasteiger charge is 2.20. The van der Waals surface area contributed by atoms with Crippen LogP contribution in [0.25, 0.3) is 0 Å². The van der Waals surface area contributed by atoms with Crippen molar-refractivity contribution in [2.45, 2.75) is 13.2 Å². The Kier molecular flexibility index (Phi) is 4.94. The number of imide groups is 1. The van der Waals surface area contributed by atoms with Crippen molar-refractivity contribution in [1.82, 2.24) is 20.3 Å². The maximum Gasteiger partial charge on any atom is 0.413 e. The third kappa shape index (κ3) is 3.74. The number of aromatic nitrogens is 3. The number of nitrogens with zero attached hydrogens (tertiary/aromatic N) is 3. The summed E-state index contributed by atoms with van der Waals surface area (Å²) >= 11 is 0. The number of carboxylic acid groups (broad SMARTS) is 1. The van der Waals surface area contributed by atoms with Gasteiger partial charge in [-0.05, 0) is 0 Å². The molecule has 1 rings (SSSR count). The van der Waals surface area contributed by atoms with Crippen LogP contribution in [0.2, 0.25) is 0 Å². The molecule has 1 heterocycles. The molecule has 2 N–H and O–H groups in total. The number of hydrogen-bond acceptors (Lipinski definition) is 7. The molecule has 0 aliphatic rings. The fourth-order valence-electron chi connectivity index (χ4n) is 1.25. The standard InChI is InChI=1S/C9H12N4O6/c1-18-4-5-7(8(15)16)11-12-13(5)3-6(14)10-9(17)19-2/h3-4H2,1-2H3,(H,15,16)(H,10,14,17). The van der Waals surface area contributed by atoms with Gasteiger partial charge in [0.05, 0.1) is 19.4 Å². The smallest absolute Gasteiger partial charge is 0.413 e. The first-order valence-electron chi connectivity index (χ1n) is 5.02. The number of alkyl carbamates (subject to hydrolysis) is 1. The molecule has 0 aromatic carbocycles. The average molecular weight is 272 g/mol. The lowest BCUT2D eigenvalue weighted by molar-refractivity contribution is -0.121. The number of hydrogen-bond donors (Lipinski definition) is 2. The van der Waals surface area contributed by atoms with Crippen LogP contribution in [0.3, 0.4) is 0 Å². The third-order valence-corrected chi connectivity index (χ3v) is 2.04. The van der Waals surface area contributed by atoms with Crippen LogP contribution in [0.4, 0.5) is 4.79 Å². The number of carbonyl (C=O) groups excluding carboxylic acids is 2. The van der Waals surface area contributed by atoms with Crippen LogP contribution >= 0.6 is 0 Å². The fourth-order valence-corrected chi connectivity index (χ4v) is 1.25. The molecule has 10 heteroatoms. The van der Waals surface area contributed by atoms with Gasteiger partial charge in [0.25, 0.3) is 5.91 Å². The zero-order valence-corrected chi connectivity index (χ0v) is 10.2. The molecule has 0 unspecified atom stereocenters. The summed E-state index contributed by atoms with van der Waals surface area (Å²) in [5.41, 5.74) is -0.192. The molecule has 0 atom stereocenters. The summed E-state index contributed by atoms with van der Waals surface area (Å²) in [4.78, 5) is 33.1. The molecule has 0 aliphatic carbocycles. The van der Waals surface area contributed by atoms with E-state index in [0.29, 0.717) is 0 Å². The predicted molar refractivity (Wildman–Crippen MR) is 58.2 cm³/mol. The van der Waals surface area contributed by atoms with Crippen molar-refractivity contribution in [3.05, 3.63) is 11.4 Å². The second-order valence-electron chi connectivity index (χ2n) is 3.32. The Morgan fingerprint density at radius 1 is 1.37 bits per heavy atom. The lowest BCUT2D eigenvalue weighted by Gasteiger charge is -2.06. The topological polar surface area (TPSA) is 133 Å². The molecule has 0 radical (unpaired) electrons. The zero-order chi connectivity index (χ0) is 14.4. The molecule has 0 saturated carbocycles. The van der Waals surface area contributed by atoms with E-state index in [1.54, 1.807) is 0 Å². The number of ether oxygens (including phenoxy) is 2. The lowest BCUT2D eigenvalue weighted by atomic mass is 10.3. The Hall–Kier alpha value is -2.49. The maximum atomic E-state index is 11.4. The van der Waals surface area contributed by atoms with E-state index < -0.39 is 18.0 Å². The number of carboxylic acids is 1. The highest BCUT2D eigenvalue weighted by Crippen LogP contribution is 2.07. The van der Waals surface area contributed by atoms with Gasteiger partial charge in [-0.15, -0.1) is 5.10 Å². The van der Waals surface area contributed by atoms with E-state index in [-0.39, 0.29) is 24.5 Å². The van der Waals surface area contributed by atoms with Gasteiger partial charge < -0.3 is 14.6 Å². The molecule has 2 amide bonds. The third-order valence-electron chi connectivity index (χ3n) is 2.04. The molecule has 0 bridgehead atoms. The van der Waals surface area contributed by atoms with Crippen LogP contribution in [-0.2, 0) is 27.4 Å². The first-order chi connectivity index (χ1) is 8.99.